The van der Waals surface area contributed by atoms with E-state index >= 15 is 0 Å². The molecule has 9 heteroatoms. The van der Waals surface area contributed by atoms with Gasteiger partial charge in [0.15, 0.2) is 0 Å². The Balaban J connectivity index is 1.49. The van der Waals surface area contributed by atoms with Crippen LogP contribution in [0.5, 0.6) is 0 Å². The van der Waals surface area contributed by atoms with Gasteiger partial charge in [-0.1, -0.05) is 0 Å². The van der Waals surface area contributed by atoms with Crippen LogP contribution >= 0.6 is 0 Å². The summed E-state index contributed by atoms with van der Waals surface area (Å²) >= 11 is 0. The second kappa shape index (κ2) is 8.45. The number of ether oxygens (including phenoxy) is 2. The van der Waals surface area contributed by atoms with Crippen LogP contribution in [0.3, 0.4) is 0 Å². The van der Waals surface area contributed by atoms with Gasteiger partial charge in [0.05, 0.1) is 19.0 Å². The van der Waals surface area contributed by atoms with Crippen molar-refractivity contribution in [1.82, 2.24) is 14.5 Å². The van der Waals surface area contributed by atoms with E-state index in [9.17, 15) is 13.2 Å². The van der Waals surface area contributed by atoms with E-state index in [1.54, 1.807) is 0 Å². The van der Waals surface area contributed by atoms with Crippen molar-refractivity contribution in [3.05, 3.63) is 0 Å². The van der Waals surface area contributed by atoms with Gasteiger partial charge in [-0.05, 0) is 57.9 Å². The number of nitrogens with one attached hydrogen (secondary N) is 1. The molecular formula is C19H33N3O5S. The molecule has 160 valence electrons. The van der Waals surface area contributed by atoms with Crippen molar-refractivity contribution in [2.45, 2.75) is 81.6 Å². The Morgan fingerprint density at radius 2 is 1.68 bits per heavy atom. The third-order valence-corrected chi connectivity index (χ3v) is 7.29. The van der Waals surface area contributed by atoms with Gasteiger partial charge in [0.1, 0.15) is 6.61 Å². The van der Waals surface area contributed by atoms with Gasteiger partial charge in [-0.25, -0.2) is 17.9 Å². The molecule has 3 heterocycles. The Kier molecular flexibility index (Phi) is 6.15. The number of hydrogen-bond acceptors (Lipinski definition) is 6. The van der Waals surface area contributed by atoms with E-state index in [1.807, 2.05) is 4.90 Å². The molecule has 1 N–H and O–H groups in total. The third-order valence-electron chi connectivity index (χ3n) is 6.55. The zero-order valence-electron chi connectivity index (χ0n) is 16.7. The Morgan fingerprint density at radius 3 is 2.32 bits per heavy atom. The Labute approximate surface area is 168 Å². The summed E-state index contributed by atoms with van der Waals surface area (Å²) in [4.78, 5) is 17.0. The fourth-order valence-corrected chi connectivity index (χ4v) is 5.86. The first-order valence-electron chi connectivity index (χ1n) is 10.7. The molecule has 28 heavy (non-hydrogen) atoms. The smallest absolute Gasteiger partial charge is 0.410 e. The second-order valence-corrected chi connectivity index (χ2v) is 10.5. The number of nitrogens with zero attached hydrogens (tertiary/aromatic N) is 2. The van der Waals surface area contributed by atoms with Crippen LogP contribution in [0.1, 0.15) is 51.4 Å². The summed E-state index contributed by atoms with van der Waals surface area (Å²) in [7, 11) is -3.28. The average Bonchev–Trinajstić information content (AvgIpc) is 3.45. The van der Waals surface area contributed by atoms with Crippen molar-refractivity contribution < 1.29 is 22.7 Å². The highest BCUT2D eigenvalue weighted by Gasteiger charge is 2.41. The van der Waals surface area contributed by atoms with Crippen LogP contribution in [0.2, 0.25) is 0 Å². The molecule has 5 fully saturated rings. The van der Waals surface area contributed by atoms with E-state index in [0.29, 0.717) is 25.8 Å². The third kappa shape index (κ3) is 4.98. The lowest BCUT2D eigenvalue weighted by Crippen LogP contribution is -2.58. The highest BCUT2D eigenvalue weighted by atomic mass is 32.2. The molecule has 0 aromatic rings. The molecule has 5 rings (SSSR count). The van der Waals surface area contributed by atoms with Crippen LogP contribution in [-0.4, -0.2) is 87.1 Å². The summed E-state index contributed by atoms with van der Waals surface area (Å²) in [5.41, 5.74) is 0. The minimum Gasteiger partial charge on any atom is -0.448 e. The molecule has 0 radical (unpaired) electrons. The zero-order valence-corrected chi connectivity index (χ0v) is 17.5. The van der Waals surface area contributed by atoms with Crippen molar-refractivity contribution >= 4 is 16.1 Å². The summed E-state index contributed by atoms with van der Waals surface area (Å²) in [5, 5.41) is 0. The molecule has 2 atom stereocenters. The van der Waals surface area contributed by atoms with Gasteiger partial charge in [-0.2, -0.15) is 0 Å². The number of carbonyl (C=O) groups excluding carboxylic acids is 1. The molecule has 8 nitrogen and oxygen atoms in total. The zero-order chi connectivity index (χ0) is 19.7. The van der Waals surface area contributed by atoms with Crippen LogP contribution in [0.25, 0.3) is 0 Å². The quantitative estimate of drug-likeness (QED) is 0.748. The maximum absolute atomic E-state index is 12.8. The van der Waals surface area contributed by atoms with Gasteiger partial charge in [0.2, 0.25) is 10.0 Å². The molecule has 2 saturated carbocycles. The minimum absolute atomic E-state index is 0.0276. The topological polar surface area (TPSA) is 88.2 Å². The Morgan fingerprint density at radius 1 is 1.00 bits per heavy atom. The van der Waals surface area contributed by atoms with Crippen molar-refractivity contribution in [3.63, 3.8) is 0 Å². The normalized spacial score (nSPS) is 36.0. The summed E-state index contributed by atoms with van der Waals surface area (Å²) in [5.74, 6) is 0. The lowest BCUT2D eigenvalue weighted by Gasteiger charge is -2.41. The molecule has 2 aliphatic carbocycles. The van der Waals surface area contributed by atoms with E-state index in [1.165, 1.54) is 6.26 Å². The van der Waals surface area contributed by atoms with Crippen LogP contribution in [-0.2, 0) is 19.5 Å². The number of rotatable bonds is 3. The van der Waals surface area contributed by atoms with Gasteiger partial charge in [0.25, 0.3) is 0 Å². The van der Waals surface area contributed by atoms with Crippen LogP contribution in [0.15, 0.2) is 0 Å². The van der Waals surface area contributed by atoms with E-state index in [4.69, 9.17) is 9.47 Å². The highest BCUT2D eigenvalue weighted by Crippen LogP contribution is 2.35. The number of piperidine rings is 1. The van der Waals surface area contributed by atoms with E-state index in [-0.39, 0.29) is 30.3 Å². The summed E-state index contributed by atoms with van der Waals surface area (Å²) in [6.07, 6.45) is 8.90. The Hall–Kier alpha value is -0.900. The van der Waals surface area contributed by atoms with Crippen LogP contribution < -0.4 is 4.72 Å². The van der Waals surface area contributed by atoms with Crippen LogP contribution in [0, 0.1) is 0 Å². The van der Waals surface area contributed by atoms with Gasteiger partial charge in [-0.3, -0.25) is 4.90 Å². The molecule has 0 aromatic heterocycles. The van der Waals surface area contributed by atoms with Gasteiger partial charge in [0, 0.05) is 30.7 Å². The first kappa shape index (κ1) is 20.4. The van der Waals surface area contributed by atoms with E-state index in [2.05, 4.69) is 9.62 Å². The fourth-order valence-electron chi connectivity index (χ4n) is 5.04. The molecule has 1 amide bonds. The van der Waals surface area contributed by atoms with E-state index < -0.39 is 10.0 Å². The van der Waals surface area contributed by atoms with Crippen LogP contribution in [0.4, 0.5) is 4.79 Å². The maximum atomic E-state index is 12.8. The molecule has 2 bridgehead atoms. The molecule has 3 saturated heterocycles. The van der Waals surface area contributed by atoms with Gasteiger partial charge >= 0.3 is 6.09 Å². The monoisotopic (exact) mass is 415 g/mol. The van der Waals surface area contributed by atoms with Gasteiger partial charge in [-0.15, -0.1) is 0 Å². The summed E-state index contributed by atoms with van der Waals surface area (Å²) < 4.78 is 38.4. The number of carbonyl (C=O) groups is 1. The molecular weight excluding hydrogens is 382 g/mol. The number of fused-ring (bicyclic) bond motifs is 7. The highest BCUT2D eigenvalue weighted by molar-refractivity contribution is 7.88. The maximum Gasteiger partial charge on any atom is 0.410 e. The van der Waals surface area contributed by atoms with Crippen molar-refractivity contribution in [3.8, 4) is 0 Å². The SMILES string of the molecule is CS(=O)(=O)N[C@H]1CCCN2CCOC(=O)N(C3CC3)C3CCC(CC3)OCC12. The lowest BCUT2D eigenvalue weighted by molar-refractivity contribution is -0.0313. The Bertz CT molecular complexity index is 660. The van der Waals surface area contributed by atoms with Crippen molar-refractivity contribution in [2.75, 3.05) is 32.6 Å². The largest absolute Gasteiger partial charge is 0.448 e. The summed E-state index contributed by atoms with van der Waals surface area (Å²) in [6, 6.07) is 0.429. The van der Waals surface area contributed by atoms with Crippen molar-refractivity contribution in [1.29, 1.82) is 0 Å². The predicted octanol–water partition coefficient (Wildman–Crippen LogP) is 1.31. The standard InChI is InChI=1S/C19H33N3O5S/c1-28(24,25)20-17-3-2-10-21-11-12-26-19(23)22(14-4-5-14)15-6-8-16(9-7-15)27-13-18(17)21/h14-18,20H,2-13H2,1H3/t15?,16?,17-,18?/m0/s1. The summed E-state index contributed by atoms with van der Waals surface area (Å²) in [6.45, 7) is 2.33. The molecule has 0 aromatic carbocycles. The van der Waals surface area contributed by atoms with Gasteiger partial charge < -0.3 is 14.4 Å². The number of hydrogen-bond donors (Lipinski definition) is 1. The average molecular weight is 416 g/mol. The number of amides is 1. The first-order valence-corrected chi connectivity index (χ1v) is 12.6. The molecule has 0 spiro atoms. The second-order valence-electron chi connectivity index (χ2n) is 8.76. The minimum atomic E-state index is -3.28. The first-order chi connectivity index (χ1) is 13.4. The lowest BCUT2D eigenvalue weighted by atomic mass is 9.91. The van der Waals surface area contributed by atoms with E-state index in [0.717, 1.165) is 57.9 Å². The molecule has 3 aliphatic heterocycles. The fraction of sp³-hybridized carbons (Fsp3) is 0.947. The predicted molar refractivity (Wildman–Crippen MR) is 105 cm³/mol. The molecule has 1 unspecified atom stereocenters. The number of sulfonamides is 1. The molecule has 5 aliphatic rings. The van der Waals surface area contributed by atoms with Crippen molar-refractivity contribution in [2.24, 2.45) is 0 Å².